The van der Waals surface area contributed by atoms with Gasteiger partial charge in [0.1, 0.15) is 12.6 Å². The lowest BCUT2D eigenvalue weighted by molar-refractivity contribution is -0.133. The number of rotatable bonds is 7. The molecule has 1 N–H and O–H groups in total. The van der Waals surface area contributed by atoms with Crippen LogP contribution in [0.1, 0.15) is 36.9 Å². The lowest BCUT2D eigenvalue weighted by Gasteiger charge is -2.28. The van der Waals surface area contributed by atoms with Gasteiger partial charge in [0.25, 0.3) is 0 Å². The van der Waals surface area contributed by atoms with Crippen LogP contribution in [-0.4, -0.2) is 43.7 Å². The van der Waals surface area contributed by atoms with Crippen molar-refractivity contribution in [3.63, 3.8) is 0 Å². The zero-order valence-corrected chi connectivity index (χ0v) is 17.6. The highest BCUT2D eigenvalue weighted by molar-refractivity contribution is 5.85. The summed E-state index contributed by atoms with van der Waals surface area (Å²) in [6.45, 7) is 2.48. The molecule has 30 heavy (non-hydrogen) atoms. The van der Waals surface area contributed by atoms with Crippen LogP contribution in [0.3, 0.4) is 0 Å². The first kappa shape index (κ1) is 21.5. The maximum Gasteiger partial charge on any atom is 0.408 e. The Morgan fingerprint density at radius 3 is 2.53 bits per heavy atom. The zero-order chi connectivity index (χ0) is 21.5. The summed E-state index contributed by atoms with van der Waals surface area (Å²) in [5.41, 5.74) is 1.87. The molecule has 1 saturated heterocycles. The monoisotopic (exact) mass is 412 g/mol. The summed E-state index contributed by atoms with van der Waals surface area (Å²) < 4.78 is 15.9. The van der Waals surface area contributed by atoms with Crippen molar-refractivity contribution in [3.8, 4) is 11.5 Å². The summed E-state index contributed by atoms with van der Waals surface area (Å²) >= 11 is 0. The second-order valence-electron chi connectivity index (χ2n) is 7.23. The largest absolute Gasteiger partial charge is 0.493 e. The van der Waals surface area contributed by atoms with E-state index in [2.05, 4.69) is 5.32 Å². The first-order chi connectivity index (χ1) is 14.5. The average molecular weight is 412 g/mol. The van der Waals surface area contributed by atoms with Crippen molar-refractivity contribution < 1.29 is 23.8 Å². The molecule has 1 aliphatic rings. The molecule has 1 heterocycles. The van der Waals surface area contributed by atoms with Crippen LogP contribution in [0, 0.1) is 0 Å². The van der Waals surface area contributed by atoms with Crippen molar-refractivity contribution in [2.75, 3.05) is 20.8 Å². The summed E-state index contributed by atoms with van der Waals surface area (Å²) in [5, 5.41) is 2.64. The highest BCUT2D eigenvalue weighted by atomic mass is 16.5. The number of likely N-dealkylation sites (tertiary alicyclic amines) is 1. The fourth-order valence-corrected chi connectivity index (χ4v) is 3.69. The first-order valence-corrected chi connectivity index (χ1v) is 10.0. The normalized spacial score (nSPS) is 16.6. The van der Waals surface area contributed by atoms with Gasteiger partial charge in [-0.05, 0) is 43.0 Å². The molecule has 7 heteroatoms. The fraction of sp³-hybridized carbons (Fsp3) is 0.391. The molecule has 2 unspecified atom stereocenters. The highest BCUT2D eigenvalue weighted by Gasteiger charge is 2.33. The van der Waals surface area contributed by atoms with Gasteiger partial charge in [-0.15, -0.1) is 0 Å². The number of amides is 2. The van der Waals surface area contributed by atoms with Gasteiger partial charge in [-0.2, -0.15) is 0 Å². The third-order valence-corrected chi connectivity index (χ3v) is 5.25. The van der Waals surface area contributed by atoms with E-state index in [4.69, 9.17) is 14.2 Å². The van der Waals surface area contributed by atoms with E-state index in [0.717, 1.165) is 24.0 Å². The smallest absolute Gasteiger partial charge is 0.408 e. The molecule has 0 spiro atoms. The van der Waals surface area contributed by atoms with E-state index in [9.17, 15) is 9.59 Å². The van der Waals surface area contributed by atoms with Crippen molar-refractivity contribution >= 4 is 12.0 Å². The molecule has 0 aliphatic carbocycles. The van der Waals surface area contributed by atoms with Gasteiger partial charge in [-0.1, -0.05) is 36.4 Å². The van der Waals surface area contributed by atoms with Crippen molar-refractivity contribution in [1.82, 2.24) is 10.2 Å². The van der Waals surface area contributed by atoms with Crippen LogP contribution in [0.15, 0.2) is 48.5 Å². The summed E-state index contributed by atoms with van der Waals surface area (Å²) in [6, 6.07) is 14.3. The molecule has 2 aromatic carbocycles. The Morgan fingerprint density at radius 1 is 1.10 bits per heavy atom. The second kappa shape index (κ2) is 10.0. The SMILES string of the molecule is COc1ccc(C2CCCN2C(=O)C(C)NC(=O)OCc2ccccc2)cc1OC. The minimum atomic E-state index is -0.686. The Labute approximate surface area is 176 Å². The van der Waals surface area contributed by atoms with E-state index >= 15 is 0 Å². The highest BCUT2D eigenvalue weighted by Crippen LogP contribution is 2.37. The number of benzene rings is 2. The minimum absolute atomic E-state index is 0.0677. The molecule has 160 valence electrons. The van der Waals surface area contributed by atoms with Gasteiger partial charge in [0.15, 0.2) is 11.5 Å². The van der Waals surface area contributed by atoms with Gasteiger partial charge >= 0.3 is 6.09 Å². The topological polar surface area (TPSA) is 77.1 Å². The number of ether oxygens (including phenoxy) is 3. The van der Waals surface area contributed by atoms with Gasteiger partial charge in [0.2, 0.25) is 5.91 Å². The Kier molecular flexibility index (Phi) is 7.17. The van der Waals surface area contributed by atoms with E-state index in [1.165, 1.54) is 0 Å². The molecule has 0 radical (unpaired) electrons. The van der Waals surface area contributed by atoms with Gasteiger partial charge < -0.3 is 24.4 Å². The molecule has 0 bridgehead atoms. The summed E-state index contributed by atoms with van der Waals surface area (Å²) in [6.07, 6.45) is 1.14. The number of carbonyl (C=O) groups is 2. The van der Waals surface area contributed by atoms with Crippen molar-refractivity contribution in [1.29, 1.82) is 0 Å². The second-order valence-corrected chi connectivity index (χ2v) is 7.23. The number of nitrogens with one attached hydrogen (secondary N) is 1. The molecular formula is C23H28N2O5. The van der Waals surface area contributed by atoms with Gasteiger partial charge in [0, 0.05) is 6.54 Å². The number of carbonyl (C=O) groups excluding carboxylic acids is 2. The van der Waals surface area contributed by atoms with Gasteiger partial charge in [0.05, 0.1) is 20.3 Å². The number of hydrogen-bond acceptors (Lipinski definition) is 5. The number of nitrogens with zero attached hydrogens (tertiary/aromatic N) is 1. The lowest BCUT2D eigenvalue weighted by Crippen LogP contribution is -2.46. The third-order valence-electron chi connectivity index (χ3n) is 5.25. The number of alkyl carbamates (subject to hydrolysis) is 1. The Morgan fingerprint density at radius 2 is 1.83 bits per heavy atom. The Bertz CT molecular complexity index is 871. The number of hydrogen-bond donors (Lipinski definition) is 1. The van der Waals surface area contributed by atoms with Crippen LogP contribution >= 0.6 is 0 Å². The third kappa shape index (κ3) is 5.03. The molecular weight excluding hydrogens is 384 g/mol. The van der Waals surface area contributed by atoms with E-state index < -0.39 is 12.1 Å². The van der Waals surface area contributed by atoms with Crippen LogP contribution in [-0.2, 0) is 16.1 Å². The number of methoxy groups -OCH3 is 2. The van der Waals surface area contributed by atoms with E-state index in [-0.39, 0.29) is 18.6 Å². The van der Waals surface area contributed by atoms with E-state index in [1.54, 1.807) is 21.1 Å². The molecule has 1 aliphatic heterocycles. The van der Waals surface area contributed by atoms with Crippen molar-refractivity contribution in [3.05, 3.63) is 59.7 Å². The van der Waals surface area contributed by atoms with Crippen LogP contribution in [0.5, 0.6) is 11.5 Å². The molecule has 2 aromatic rings. The minimum Gasteiger partial charge on any atom is -0.493 e. The molecule has 2 amide bonds. The summed E-state index contributed by atoms with van der Waals surface area (Å²) in [5.74, 6) is 1.14. The fourth-order valence-electron chi connectivity index (χ4n) is 3.69. The maximum atomic E-state index is 13.0. The maximum absolute atomic E-state index is 13.0. The van der Waals surface area contributed by atoms with Crippen LogP contribution < -0.4 is 14.8 Å². The van der Waals surface area contributed by atoms with Gasteiger partial charge in [-0.25, -0.2) is 4.79 Å². The van der Waals surface area contributed by atoms with Gasteiger partial charge in [-0.3, -0.25) is 4.79 Å². The Balaban J connectivity index is 1.61. The van der Waals surface area contributed by atoms with E-state index in [0.29, 0.717) is 18.0 Å². The molecule has 7 nitrogen and oxygen atoms in total. The van der Waals surface area contributed by atoms with Crippen LogP contribution in [0.2, 0.25) is 0 Å². The molecule has 3 rings (SSSR count). The van der Waals surface area contributed by atoms with Crippen molar-refractivity contribution in [2.45, 2.75) is 38.5 Å². The molecule has 1 fully saturated rings. The first-order valence-electron chi connectivity index (χ1n) is 10.0. The predicted molar refractivity (Wildman–Crippen MR) is 112 cm³/mol. The summed E-state index contributed by atoms with van der Waals surface area (Å²) in [4.78, 5) is 26.9. The molecule has 0 saturated carbocycles. The zero-order valence-electron chi connectivity index (χ0n) is 17.6. The van der Waals surface area contributed by atoms with Crippen LogP contribution in [0.4, 0.5) is 4.79 Å². The average Bonchev–Trinajstić information content (AvgIpc) is 3.27. The molecule has 2 atom stereocenters. The quantitative estimate of drug-likeness (QED) is 0.751. The van der Waals surface area contributed by atoms with E-state index in [1.807, 2.05) is 53.4 Å². The Hall–Kier alpha value is -3.22. The molecule has 0 aromatic heterocycles. The standard InChI is InChI=1S/C23H28N2O5/c1-16(24-23(27)30-15-17-8-5-4-6-9-17)22(26)25-13-7-10-19(25)18-11-12-20(28-2)21(14-18)29-3/h4-6,8-9,11-12,14,16,19H,7,10,13,15H2,1-3H3,(H,24,27). The predicted octanol–water partition coefficient (Wildman–Crippen LogP) is 3.68. The van der Waals surface area contributed by atoms with Crippen LogP contribution in [0.25, 0.3) is 0 Å². The lowest BCUT2D eigenvalue weighted by atomic mass is 10.0. The summed E-state index contributed by atoms with van der Waals surface area (Å²) in [7, 11) is 3.18. The van der Waals surface area contributed by atoms with Crippen molar-refractivity contribution in [2.24, 2.45) is 0 Å².